The molecule has 0 amide bonds. The van der Waals surface area contributed by atoms with Gasteiger partial charge in [-0.15, -0.1) is 0 Å². The topological polar surface area (TPSA) is 32.3 Å². The normalized spacial score (nSPS) is 11.4. The third kappa shape index (κ3) is 3.32. The van der Waals surface area contributed by atoms with Gasteiger partial charge in [-0.05, 0) is 25.0 Å². The van der Waals surface area contributed by atoms with Gasteiger partial charge in [0, 0.05) is 6.54 Å². The fraction of sp³-hybridized carbons (Fsp3) is 0.333. The maximum Gasteiger partial charge on any atom is 0.110 e. The van der Waals surface area contributed by atoms with Gasteiger partial charge < -0.3 is 5.11 Å². The van der Waals surface area contributed by atoms with Gasteiger partial charge >= 0.3 is 0 Å². The van der Waals surface area contributed by atoms with E-state index < -0.39 is 5.72 Å². The maximum absolute atomic E-state index is 9.51. The molecule has 2 N–H and O–H groups in total. The lowest BCUT2D eigenvalue weighted by Gasteiger charge is -2.19. The van der Waals surface area contributed by atoms with Crippen LogP contribution >= 0.6 is 0 Å². The Hall–Kier alpha value is -1.12. The van der Waals surface area contributed by atoms with E-state index >= 15 is 0 Å². The van der Waals surface area contributed by atoms with Crippen LogP contribution in [0.2, 0.25) is 0 Å². The van der Waals surface area contributed by atoms with Crippen molar-refractivity contribution >= 4 is 6.08 Å². The molecule has 0 unspecified atom stereocenters. The Balaban J connectivity index is 2.71. The van der Waals surface area contributed by atoms with Gasteiger partial charge in [-0.2, -0.15) is 0 Å². The molecule has 0 fully saturated rings. The first-order valence-electron chi connectivity index (χ1n) is 4.70. The van der Waals surface area contributed by atoms with Crippen LogP contribution in [0.4, 0.5) is 0 Å². The Morgan fingerprint density at radius 1 is 1.43 bits per heavy atom. The second-order valence-corrected chi connectivity index (χ2v) is 3.82. The van der Waals surface area contributed by atoms with Crippen LogP contribution in [-0.4, -0.2) is 10.8 Å². The first-order valence-corrected chi connectivity index (χ1v) is 4.70. The third-order valence-electron chi connectivity index (χ3n) is 1.99. The molecule has 0 saturated heterocycles. The number of benzene rings is 1. The summed E-state index contributed by atoms with van der Waals surface area (Å²) >= 11 is 0. The standard InChI is InChI=1S/C12H17NO/c1-4-10-7-5-6-8-11(10)9-13-12(2,3)14/h4-8,13-14H,1,9H2,2-3H3. The Kier molecular flexibility index (Phi) is 3.44. The van der Waals surface area contributed by atoms with Gasteiger partial charge in [0.25, 0.3) is 0 Å². The summed E-state index contributed by atoms with van der Waals surface area (Å²) < 4.78 is 0. The lowest BCUT2D eigenvalue weighted by Crippen LogP contribution is -2.38. The zero-order chi connectivity index (χ0) is 10.6. The summed E-state index contributed by atoms with van der Waals surface area (Å²) in [6.45, 7) is 7.84. The Labute approximate surface area is 85.3 Å². The summed E-state index contributed by atoms with van der Waals surface area (Å²) in [4.78, 5) is 0. The molecule has 2 heteroatoms. The summed E-state index contributed by atoms with van der Waals surface area (Å²) in [6, 6.07) is 7.99. The van der Waals surface area contributed by atoms with Crippen LogP contribution < -0.4 is 5.32 Å². The predicted molar refractivity (Wildman–Crippen MR) is 59.7 cm³/mol. The Morgan fingerprint density at radius 2 is 2.07 bits per heavy atom. The van der Waals surface area contributed by atoms with Crippen molar-refractivity contribution in [3.63, 3.8) is 0 Å². The van der Waals surface area contributed by atoms with E-state index in [0.717, 1.165) is 11.1 Å². The number of hydrogen-bond donors (Lipinski definition) is 2. The second kappa shape index (κ2) is 4.40. The molecule has 76 valence electrons. The lowest BCUT2D eigenvalue weighted by atomic mass is 10.1. The smallest absolute Gasteiger partial charge is 0.110 e. The maximum atomic E-state index is 9.51. The minimum atomic E-state index is -0.839. The van der Waals surface area contributed by atoms with Crippen molar-refractivity contribution < 1.29 is 5.11 Å². The van der Waals surface area contributed by atoms with Crippen molar-refractivity contribution in [2.24, 2.45) is 0 Å². The minimum absolute atomic E-state index is 0.645. The molecule has 2 nitrogen and oxygen atoms in total. The highest BCUT2D eigenvalue weighted by molar-refractivity contribution is 5.51. The molecule has 0 aromatic heterocycles. The van der Waals surface area contributed by atoms with Crippen LogP contribution in [0, 0.1) is 0 Å². The van der Waals surface area contributed by atoms with Gasteiger partial charge in [0.1, 0.15) is 5.72 Å². The molecule has 0 aliphatic heterocycles. The molecule has 14 heavy (non-hydrogen) atoms. The summed E-state index contributed by atoms with van der Waals surface area (Å²) in [5.74, 6) is 0. The molecule has 0 atom stereocenters. The van der Waals surface area contributed by atoms with Crippen molar-refractivity contribution in [2.75, 3.05) is 0 Å². The van der Waals surface area contributed by atoms with Crippen molar-refractivity contribution in [3.05, 3.63) is 42.0 Å². The van der Waals surface area contributed by atoms with E-state index in [1.165, 1.54) is 0 Å². The zero-order valence-electron chi connectivity index (χ0n) is 8.75. The van der Waals surface area contributed by atoms with Gasteiger partial charge in [0.05, 0.1) is 0 Å². The number of hydrogen-bond acceptors (Lipinski definition) is 2. The molecule has 0 bridgehead atoms. The average Bonchev–Trinajstić information content (AvgIpc) is 2.14. The van der Waals surface area contributed by atoms with Gasteiger partial charge in [-0.1, -0.05) is 36.9 Å². The van der Waals surface area contributed by atoms with E-state index in [-0.39, 0.29) is 0 Å². The molecule has 0 radical (unpaired) electrons. The van der Waals surface area contributed by atoms with Crippen molar-refractivity contribution in [1.29, 1.82) is 0 Å². The molecular weight excluding hydrogens is 174 g/mol. The monoisotopic (exact) mass is 191 g/mol. The van der Waals surface area contributed by atoms with Crippen LogP contribution in [-0.2, 0) is 6.54 Å². The third-order valence-corrected chi connectivity index (χ3v) is 1.99. The average molecular weight is 191 g/mol. The SMILES string of the molecule is C=Cc1ccccc1CNC(C)(C)O. The Morgan fingerprint density at radius 3 is 2.64 bits per heavy atom. The minimum Gasteiger partial charge on any atom is -0.376 e. The fourth-order valence-electron chi connectivity index (χ4n) is 1.21. The van der Waals surface area contributed by atoms with E-state index in [2.05, 4.69) is 11.9 Å². The molecule has 1 rings (SSSR count). The highest BCUT2D eigenvalue weighted by Crippen LogP contribution is 2.10. The largest absolute Gasteiger partial charge is 0.376 e. The van der Waals surface area contributed by atoms with Gasteiger partial charge in [0.2, 0.25) is 0 Å². The first-order chi connectivity index (χ1) is 6.53. The summed E-state index contributed by atoms with van der Waals surface area (Å²) in [5, 5.41) is 12.5. The summed E-state index contributed by atoms with van der Waals surface area (Å²) in [6.07, 6.45) is 1.82. The van der Waals surface area contributed by atoms with E-state index in [1.54, 1.807) is 13.8 Å². The van der Waals surface area contributed by atoms with E-state index in [0.29, 0.717) is 6.54 Å². The van der Waals surface area contributed by atoms with Crippen molar-refractivity contribution in [3.8, 4) is 0 Å². The molecular formula is C12H17NO. The van der Waals surface area contributed by atoms with Gasteiger partial charge in [-0.25, -0.2) is 0 Å². The van der Waals surface area contributed by atoms with Crippen molar-refractivity contribution in [1.82, 2.24) is 5.32 Å². The van der Waals surface area contributed by atoms with Crippen LogP contribution in [0.1, 0.15) is 25.0 Å². The molecule has 1 aromatic rings. The van der Waals surface area contributed by atoms with E-state index in [1.807, 2.05) is 30.3 Å². The molecule has 0 aliphatic carbocycles. The van der Waals surface area contributed by atoms with E-state index in [4.69, 9.17) is 0 Å². The molecule has 0 saturated carbocycles. The van der Waals surface area contributed by atoms with Crippen molar-refractivity contribution in [2.45, 2.75) is 26.1 Å². The molecule has 1 aromatic carbocycles. The molecule has 0 heterocycles. The van der Waals surface area contributed by atoms with Crippen LogP contribution in [0.15, 0.2) is 30.8 Å². The zero-order valence-corrected chi connectivity index (χ0v) is 8.75. The fourth-order valence-corrected chi connectivity index (χ4v) is 1.21. The van der Waals surface area contributed by atoms with Crippen LogP contribution in [0.3, 0.4) is 0 Å². The predicted octanol–water partition coefficient (Wildman–Crippen LogP) is 2.15. The number of nitrogens with one attached hydrogen (secondary N) is 1. The summed E-state index contributed by atoms with van der Waals surface area (Å²) in [7, 11) is 0. The second-order valence-electron chi connectivity index (χ2n) is 3.82. The van der Waals surface area contributed by atoms with Crippen LogP contribution in [0.5, 0.6) is 0 Å². The van der Waals surface area contributed by atoms with E-state index in [9.17, 15) is 5.11 Å². The van der Waals surface area contributed by atoms with Gasteiger partial charge in [-0.3, -0.25) is 5.32 Å². The Bertz CT molecular complexity index is 312. The molecule has 0 spiro atoms. The highest BCUT2D eigenvalue weighted by Gasteiger charge is 2.10. The number of rotatable bonds is 4. The van der Waals surface area contributed by atoms with Crippen LogP contribution in [0.25, 0.3) is 6.08 Å². The quantitative estimate of drug-likeness (QED) is 0.715. The summed E-state index contributed by atoms with van der Waals surface area (Å²) in [5.41, 5.74) is 1.41. The lowest BCUT2D eigenvalue weighted by molar-refractivity contribution is 0.0416. The van der Waals surface area contributed by atoms with Gasteiger partial charge in [0.15, 0.2) is 0 Å². The highest BCUT2D eigenvalue weighted by atomic mass is 16.3. The first kappa shape index (κ1) is 11.0. The number of aliphatic hydroxyl groups is 1. The molecule has 0 aliphatic rings.